The molecule has 2 aromatic heterocycles. The van der Waals surface area contributed by atoms with Crippen molar-refractivity contribution in [3.63, 3.8) is 0 Å². The Hall–Kier alpha value is -2.90. The molecule has 1 saturated heterocycles. The number of halogens is 1. The monoisotopic (exact) mass is 436 g/mol. The first kappa shape index (κ1) is 19.1. The summed E-state index contributed by atoms with van der Waals surface area (Å²) in [5.41, 5.74) is 10.9. The first-order chi connectivity index (χ1) is 14.5. The topological polar surface area (TPSA) is 74.8 Å². The molecule has 5 rings (SSSR count). The van der Waals surface area contributed by atoms with Crippen molar-refractivity contribution in [2.24, 2.45) is 0 Å². The smallest absolute Gasteiger partial charge is 0.261 e. The van der Waals surface area contributed by atoms with Gasteiger partial charge in [-0.25, -0.2) is 9.97 Å². The Morgan fingerprint density at radius 1 is 1.20 bits per heavy atom. The molecule has 0 amide bonds. The summed E-state index contributed by atoms with van der Waals surface area (Å²) in [5, 5.41) is 3.01. The van der Waals surface area contributed by atoms with Crippen molar-refractivity contribution in [3.8, 4) is 10.6 Å². The standard InChI is InChI=1S/C22H19ClN5OS/c1-13-26-19-10-16(21-25-11-20(30-21)27-7-2-8-27)18(24)9-17(19)22(29)28(13)12-14-3-5-15(23)6-4-14/h3-6,9-11H,2,7-8,12H2,1H3,(H-,24,25)/q-1. The molecule has 0 bridgehead atoms. The van der Waals surface area contributed by atoms with Gasteiger partial charge in [0.25, 0.3) is 5.56 Å². The lowest BCUT2D eigenvalue weighted by Gasteiger charge is -2.31. The highest BCUT2D eigenvalue weighted by molar-refractivity contribution is 7.19. The zero-order valence-corrected chi connectivity index (χ0v) is 17.9. The van der Waals surface area contributed by atoms with Crippen LogP contribution in [0.3, 0.4) is 0 Å². The summed E-state index contributed by atoms with van der Waals surface area (Å²) in [4.78, 5) is 24.6. The van der Waals surface area contributed by atoms with E-state index in [0.717, 1.165) is 28.7 Å². The van der Waals surface area contributed by atoms with E-state index in [2.05, 4.69) is 14.9 Å². The third-order valence-corrected chi connectivity index (χ3v) is 6.77. The largest absolute Gasteiger partial charge is 0.698 e. The molecule has 0 aliphatic carbocycles. The molecule has 1 aliphatic heterocycles. The van der Waals surface area contributed by atoms with Gasteiger partial charge in [-0.2, -0.15) is 0 Å². The maximum atomic E-state index is 13.2. The molecule has 0 spiro atoms. The Labute approximate surface area is 182 Å². The van der Waals surface area contributed by atoms with Crippen molar-refractivity contribution >= 4 is 44.5 Å². The van der Waals surface area contributed by atoms with Crippen molar-refractivity contribution in [1.82, 2.24) is 14.5 Å². The number of hydrogen-bond donors (Lipinski definition) is 0. The molecular formula is C22H19ClN5OS-. The van der Waals surface area contributed by atoms with Gasteiger partial charge in [0.15, 0.2) is 0 Å². The number of anilines is 1. The lowest BCUT2D eigenvalue weighted by molar-refractivity contribution is 0.622. The summed E-state index contributed by atoms with van der Waals surface area (Å²) in [6.45, 7) is 4.35. The first-order valence-electron chi connectivity index (χ1n) is 9.72. The average molecular weight is 437 g/mol. The molecule has 1 fully saturated rings. The van der Waals surface area contributed by atoms with E-state index in [0.29, 0.717) is 33.9 Å². The quantitative estimate of drug-likeness (QED) is 0.427. The zero-order valence-electron chi connectivity index (χ0n) is 16.4. The van der Waals surface area contributed by atoms with Crippen LogP contribution in [0.4, 0.5) is 10.7 Å². The molecule has 1 aliphatic rings. The minimum atomic E-state index is -0.145. The van der Waals surface area contributed by atoms with E-state index in [1.807, 2.05) is 43.5 Å². The van der Waals surface area contributed by atoms with Crippen LogP contribution in [-0.2, 0) is 6.54 Å². The Bertz CT molecular complexity index is 1310. The summed E-state index contributed by atoms with van der Waals surface area (Å²) in [7, 11) is 0. The molecule has 30 heavy (non-hydrogen) atoms. The summed E-state index contributed by atoms with van der Waals surface area (Å²) >= 11 is 7.54. The minimum absolute atomic E-state index is 0.145. The van der Waals surface area contributed by atoms with E-state index in [9.17, 15) is 4.79 Å². The predicted octanol–water partition coefficient (Wildman–Crippen LogP) is 5.42. The highest BCUT2D eigenvalue weighted by atomic mass is 35.5. The predicted molar refractivity (Wildman–Crippen MR) is 123 cm³/mol. The maximum absolute atomic E-state index is 13.2. The Balaban J connectivity index is 1.56. The third kappa shape index (κ3) is 3.34. The molecule has 0 atom stereocenters. The summed E-state index contributed by atoms with van der Waals surface area (Å²) in [6, 6.07) is 10.8. The summed E-state index contributed by atoms with van der Waals surface area (Å²) in [6.07, 6.45) is 3.07. The van der Waals surface area contributed by atoms with Crippen LogP contribution in [0.15, 0.2) is 47.4 Å². The van der Waals surface area contributed by atoms with Gasteiger partial charge in [0, 0.05) is 18.1 Å². The highest BCUT2D eigenvalue weighted by Crippen LogP contribution is 2.38. The molecule has 3 heterocycles. The number of aromatic nitrogens is 3. The fourth-order valence-electron chi connectivity index (χ4n) is 3.59. The van der Waals surface area contributed by atoms with E-state index in [4.69, 9.17) is 17.3 Å². The fraction of sp³-hybridized carbons (Fsp3) is 0.227. The third-order valence-electron chi connectivity index (χ3n) is 5.43. The van der Waals surface area contributed by atoms with Gasteiger partial charge in [-0.1, -0.05) is 41.1 Å². The van der Waals surface area contributed by atoms with Crippen LogP contribution in [0.2, 0.25) is 5.02 Å². The van der Waals surface area contributed by atoms with E-state index in [-0.39, 0.29) is 11.2 Å². The Morgan fingerprint density at radius 2 is 1.97 bits per heavy atom. The minimum Gasteiger partial charge on any atom is -0.698 e. The van der Waals surface area contributed by atoms with E-state index < -0.39 is 0 Å². The van der Waals surface area contributed by atoms with Crippen LogP contribution in [0.1, 0.15) is 17.8 Å². The second-order valence-electron chi connectivity index (χ2n) is 7.44. The van der Waals surface area contributed by atoms with Crippen LogP contribution in [0.5, 0.6) is 0 Å². The molecule has 152 valence electrons. The van der Waals surface area contributed by atoms with Crippen molar-refractivity contribution in [2.75, 3.05) is 18.0 Å². The lowest BCUT2D eigenvalue weighted by atomic mass is 10.1. The summed E-state index contributed by atoms with van der Waals surface area (Å²) < 4.78 is 1.63. The van der Waals surface area contributed by atoms with Crippen molar-refractivity contribution < 1.29 is 0 Å². The lowest BCUT2D eigenvalue weighted by Crippen LogP contribution is -2.36. The summed E-state index contributed by atoms with van der Waals surface area (Å²) in [5.74, 6) is 0.631. The van der Waals surface area contributed by atoms with Crippen LogP contribution >= 0.6 is 22.9 Å². The molecule has 8 heteroatoms. The normalized spacial score (nSPS) is 13.6. The van der Waals surface area contributed by atoms with Crippen LogP contribution < -0.4 is 10.5 Å². The van der Waals surface area contributed by atoms with Gasteiger partial charge >= 0.3 is 0 Å². The van der Waals surface area contributed by atoms with Gasteiger partial charge in [0.1, 0.15) is 15.8 Å². The molecular weight excluding hydrogens is 418 g/mol. The van der Waals surface area contributed by atoms with E-state index in [1.54, 1.807) is 22.0 Å². The maximum Gasteiger partial charge on any atom is 0.261 e. The highest BCUT2D eigenvalue weighted by Gasteiger charge is 2.18. The number of thiazole rings is 1. The molecule has 2 aromatic carbocycles. The number of benzene rings is 2. The van der Waals surface area contributed by atoms with Crippen molar-refractivity contribution in [2.45, 2.75) is 19.9 Å². The molecule has 4 aromatic rings. The van der Waals surface area contributed by atoms with Crippen LogP contribution in [0, 0.1) is 6.92 Å². The first-order valence-corrected chi connectivity index (χ1v) is 10.9. The van der Waals surface area contributed by atoms with Gasteiger partial charge in [0.2, 0.25) is 0 Å². The second-order valence-corrected chi connectivity index (χ2v) is 8.88. The number of fused-ring (bicyclic) bond motifs is 1. The Kier molecular flexibility index (Phi) is 4.72. The number of aryl methyl sites for hydroxylation is 1. The van der Waals surface area contributed by atoms with Gasteiger partial charge in [-0.15, -0.1) is 5.69 Å². The van der Waals surface area contributed by atoms with Gasteiger partial charge in [-0.05, 0) is 42.7 Å². The van der Waals surface area contributed by atoms with Gasteiger partial charge in [0.05, 0.1) is 23.6 Å². The molecule has 1 N–H and O–H groups in total. The fourth-order valence-corrected chi connectivity index (χ4v) is 4.71. The average Bonchev–Trinajstić information content (AvgIpc) is 3.15. The van der Waals surface area contributed by atoms with E-state index in [1.165, 1.54) is 6.42 Å². The molecule has 0 radical (unpaired) electrons. The Morgan fingerprint density at radius 3 is 2.67 bits per heavy atom. The van der Waals surface area contributed by atoms with Crippen LogP contribution in [-0.4, -0.2) is 27.6 Å². The van der Waals surface area contributed by atoms with Gasteiger partial charge in [-0.3, -0.25) is 9.36 Å². The zero-order chi connectivity index (χ0) is 20.8. The number of hydrogen-bond acceptors (Lipinski definition) is 5. The van der Waals surface area contributed by atoms with E-state index >= 15 is 0 Å². The van der Waals surface area contributed by atoms with Crippen molar-refractivity contribution in [3.05, 3.63) is 75.1 Å². The van der Waals surface area contributed by atoms with Gasteiger partial charge < -0.3 is 10.6 Å². The second kappa shape index (κ2) is 7.41. The molecule has 0 saturated carbocycles. The SMILES string of the molecule is Cc1nc2cc(-c3ncc(N4CCC4)s3)c([NH-])cc2c(=O)n1Cc1ccc(Cl)cc1. The number of nitrogens with one attached hydrogen (secondary N) is 1. The molecule has 6 nitrogen and oxygen atoms in total. The number of rotatable bonds is 4. The van der Waals surface area contributed by atoms with Crippen molar-refractivity contribution in [1.29, 1.82) is 0 Å². The van der Waals surface area contributed by atoms with Crippen LogP contribution in [0.25, 0.3) is 27.2 Å². The number of nitrogens with zero attached hydrogens (tertiary/aromatic N) is 4. The molecule has 0 unspecified atom stereocenters.